The maximum Gasteiger partial charge on any atom is 0.313 e. The van der Waals surface area contributed by atoms with Gasteiger partial charge in [0.05, 0.1) is 29.2 Å². The summed E-state index contributed by atoms with van der Waals surface area (Å²) in [5, 5.41) is 10.1. The van der Waals surface area contributed by atoms with Crippen molar-refractivity contribution < 1.29 is 24.3 Å². The number of hydrogen-bond donors (Lipinski definition) is 2. The molecule has 0 radical (unpaired) electrons. The molecule has 7 nitrogen and oxygen atoms in total. The first-order valence-corrected chi connectivity index (χ1v) is 12.3. The molecule has 4 aromatic rings. The topological polar surface area (TPSA) is 97.8 Å². The Morgan fingerprint density at radius 1 is 1.03 bits per heavy atom. The molecule has 1 heterocycles. The highest BCUT2D eigenvalue weighted by molar-refractivity contribution is 5.93. The minimum absolute atomic E-state index is 0.233. The van der Waals surface area contributed by atoms with Crippen LogP contribution in [0.25, 0.3) is 22.2 Å². The van der Waals surface area contributed by atoms with E-state index in [0.717, 1.165) is 33.3 Å². The highest BCUT2D eigenvalue weighted by atomic mass is 16.5. The van der Waals surface area contributed by atoms with Gasteiger partial charge in [-0.25, -0.2) is 10.5 Å². The Bertz CT molecular complexity index is 1420. The van der Waals surface area contributed by atoms with E-state index in [0.29, 0.717) is 25.2 Å². The third kappa shape index (κ3) is 5.04. The summed E-state index contributed by atoms with van der Waals surface area (Å²) < 4.78 is 11.4. The van der Waals surface area contributed by atoms with Crippen LogP contribution in [0.2, 0.25) is 0 Å². The lowest BCUT2D eigenvalue weighted by atomic mass is 9.93. The summed E-state index contributed by atoms with van der Waals surface area (Å²) in [5.41, 5.74) is 5.48. The molecule has 1 amide bonds. The number of nitrogens with one attached hydrogen (secondary N) is 1. The number of carbonyl (C=O) groups excluding carboxylic acids is 2. The van der Waals surface area contributed by atoms with Crippen LogP contribution in [0.4, 0.5) is 0 Å². The van der Waals surface area contributed by atoms with E-state index in [4.69, 9.17) is 19.7 Å². The predicted octanol–water partition coefficient (Wildman–Crippen LogP) is 5.10. The van der Waals surface area contributed by atoms with Crippen LogP contribution in [0.1, 0.15) is 24.5 Å². The van der Waals surface area contributed by atoms with Gasteiger partial charge in [-0.05, 0) is 49.6 Å². The predicted molar refractivity (Wildman–Crippen MR) is 139 cm³/mol. The zero-order chi connectivity index (χ0) is 25.8. The first kappa shape index (κ1) is 24.5. The van der Waals surface area contributed by atoms with Crippen molar-refractivity contribution in [2.75, 3.05) is 6.61 Å². The molecule has 2 atom stereocenters. The number of hydrogen-bond acceptors (Lipinski definition) is 6. The maximum absolute atomic E-state index is 12.6. The van der Waals surface area contributed by atoms with Crippen LogP contribution in [0.3, 0.4) is 0 Å². The van der Waals surface area contributed by atoms with Crippen molar-refractivity contribution in [1.29, 1.82) is 0 Å². The van der Waals surface area contributed by atoms with Gasteiger partial charge >= 0.3 is 5.97 Å². The van der Waals surface area contributed by atoms with Crippen LogP contribution in [0.5, 0.6) is 5.75 Å². The second-order valence-corrected chi connectivity index (χ2v) is 9.27. The lowest BCUT2D eigenvalue weighted by Gasteiger charge is -2.16. The van der Waals surface area contributed by atoms with Crippen LogP contribution >= 0.6 is 0 Å². The van der Waals surface area contributed by atoms with E-state index >= 15 is 0 Å². The number of hydroxylamine groups is 1. The Morgan fingerprint density at radius 3 is 2.49 bits per heavy atom. The fourth-order valence-electron chi connectivity index (χ4n) is 4.85. The second kappa shape index (κ2) is 10.4. The summed E-state index contributed by atoms with van der Waals surface area (Å²) in [6, 6.07) is 27.6. The van der Waals surface area contributed by atoms with Crippen LogP contribution < -0.4 is 10.2 Å². The first-order chi connectivity index (χ1) is 18.0. The van der Waals surface area contributed by atoms with Gasteiger partial charge in [-0.1, -0.05) is 60.7 Å². The van der Waals surface area contributed by atoms with Crippen LogP contribution in [0, 0.1) is 11.3 Å². The zero-order valence-corrected chi connectivity index (χ0v) is 20.5. The molecule has 5 rings (SSSR count). The third-order valence-corrected chi connectivity index (χ3v) is 6.89. The molecule has 3 aromatic carbocycles. The molecule has 0 spiro atoms. The van der Waals surface area contributed by atoms with Gasteiger partial charge in [0, 0.05) is 16.5 Å². The van der Waals surface area contributed by atoms with Gasteiger partial charge in [0.15, 0.2) is 0 Å². The molecule has 37 heavy (non-hydrogen) atoms. The Hall–Kier alpha value is -4.23. The Balaban J connectivity index is 1.32. The number of ether oxygens (including phenoxy) is 2. The molecular formula is C30H28N2O5. The normalized spacial score (nSPS) is 18.3. The van der Waals surface area contributed by atoms with E-state index in [-0.39, 0.29) is 6.61 Å². The number of esters is 1. The standard InChI is InChI=1S/C30H28N2O5/c1-2-36-29(34)30(18-25(30)28(33)32-35)17-20-12-14-23(15-13-20)37-19-22-16-27(21-8-4-3-5-9-21)31-26-11-7-6-10-24(22)26/h3-16,25,35H,2,17-19H2,1H3,(H,32,33). The lowest BCUT2D eigenvalue weighted by Crippen LogP contribution is -2.30. The average molecular weight is 497 g/mol. The van der Waals surface area contributed by atoms with E-state index in [1.807, 2.05) is 78.9 Å². The van der Waals surface area contributed by atoms with E-state index in [1.54, 1.807) is 12.4 Å². The molecule has 0 bridgehead atoms. The third-order valence-electron chi connectivity index (χ3n) is 6.89. The number of para-hydroxylation sites is 1. The minimum atomic E-state index is -0.949. The Kier molecular flexibility index (Phi) is 6.88. The number of aromatic nitrogens is 1. The summed E-state index contributed by atoms with van der Waals surface area (Å²) in [6.07, 6.45) is 0.689. The smallest absolute Gasteiger partial charge is 0.313 e. The summed E-state index contributed by atoms with van der Waals surface area (Å²) in [6.45, 7) is 2.33. The number of benzene rings is 3. The van der Waals surface area contributed by atoms with Gasteiger partial charge < -0.3 is 9.47 Å². The van der Waals surface area contributed by atoms with Crippen molar-refractivity contribution in [2.45, 2.75) is 26.4 Å². The maximum atomic E-state index is 12.6. The lowest BCUT2D eigenvalue weighted by molar-refractivity contribution is -0.152. The number of fused-ring (bicyclic) bond motifs is 1. The average Bonchev–Trinajstić information content (AvgIpc) is 3.68. The summed E-state index contributed by atoms with van der Waals surface area (Å²) in [4.78, 5) is 29.4. The van der Waals surface area contributed by atoms with Gasteiger partial charge in [-0.15, -0.1) is 0 Å². The van der Waals surface area contributed by atoms with Crippen molar-refractivity contribution in [3.05, 3.63) is 96.1 Å². The molecule has 1 fully saturated rings. The quantitative estimate of drug-likeness (QED) is 0.190. The Morgan fingerprint density at radius 2 is 1.76 bits per heavy atom. The highest BCUT2D eigenvalue weighted by Crippen LogP contribution is 2.56. The van der Waals surface area contributed by atoms with Crippen LogP contribution in [-0.4, -0.2) is 28.7 Å². The van der Waals surface area contributed by atoms with Crippen molar-refractivity contribution >= 4 is 22.8 Å². The zero-order valence-electron chi connectivity index (χ0n) is 20.5. The molecule has 1 saturated carbocycles. The monoisotopic (exact) mass is 496 g/mol. The van der Waals surface area contributed by atoms with Crippen molar-refractivity contribution in [3.8, 4) is 17.0 Å². The summed E-state index contributed by atoms with van der Waals surface area (Å²) in [7, 11) is 0. The van der Waals surface area contributed by atoms with Gasteiger partial charge in [0.1, 0.15) is 12.4 Å². The van der Waals surface area contributed by atoms with E-state index in [9.17, 15) is 9.59 Å². The molecule has 188 valence electrons. The second-order valence-electron chi connectivity index (χ2n) is 9.27. The van der Waals surface area contributed by atoms with Crippen LogP contribution in [0.15, 0.2) is 84.9 Å². The molecule has 2 unspecified atom stereocenters. The largest absolute Gasteiger partial charge is 0.489 e. The van der Waals surface area contributed by atoms with E-state index in [1.165, 1.54) is 0 Å². The molecule has 1 aliphatic rings. The van der Waals surface area contributed by atoms with Gasteiger partial charge in [0.25, 0.3) is 0 Å². The fraction of sp³-hybridized carbons (Fsp3) is 0.233. The number of nitrogens with zero attached hydrogens (tertiary/aromatic N) is 1. The summed E-state index contributed by atoms with van der Waals surface area (Å²) >= 11 is 0. The molecule has 1 aliphatic carbocycles. The fourth-order valence-corrected chi connectivity index (χ4v) is 4.85. The number of pyridine rings is 1. The van der Waals surface area contributed by atoms with Crippen LogP contribution in [-0.2, 0) is 27.4 Å². The van der Waals surface area contributed by atoms with Gasteiger partial charge in [0.2, 0.25) is 5.91 Å². The van der Waals surface area contributed by atoms with Crippen molar-refractivity contribution in [1.82, 2.24) is 10.5 Å². The minimum Gasteiger partial charge on any atom is -0.489 e. The first-order valence-electron chi connectivity index (χ1n) is 12.3. The SMILES string of the molecule is CCOC(=O)C1(Cc2ccc(OCc3cc(-c4ccccc4)nc4ccccc34)cc2)CC1C(=O)NO. The molecule has 0 saturated heterocycles. The molecule has 1 aromatic heterocycles. The molecule has 7 heteroatoms. The van der Waals surface area contributed by atoms with Gasteiger partial charge in [-0.3, -0.25) is 14.8 Å². The van der Waals surface area contributed by atoms with Crippen molar-refractivity contribution in [2.24, 2.45) is 11.3 Å². The highest BCUT2D eigenvalue weighted by Gasteiger charge is 2.64. The van der Waals surface area contributed by atoms with E-state index in [2.05, 4.69) is 6.07 Å². The van der Waals surface area contributed by atoms with E-state index < -0.39 is 23.2 Å². The Labute approximate surface area is 215 Å². The number of carbonyl (C=O) groups is 2. The van der Waals surface area contributed by atoms with Crippen molar-refractivity contribution in [3.63, 3.8) is 0 Å². The van der Waals surface area contributed by atoms with Gasteiger partial charge in [-0.2, -0.15) is 0 Å². The molecule has 2 N–H and O–H groups in total. The summed E-state index contributed by atoms with van der Waals surface area (Å²) in [5.74, 6) is -0.891. The molecular weight excluding hydrogens is 468 g/mol. The number of amides is 1. The molecule has 0 aliphatic heterocycles. The number of rotatable bonds is 9.